The van der Waals surface area contributed by atoms with Gasteiger partial charge in [0.25, 0.3) is 0 Å². The predicted octanol–water partition coefficient (Wildman–Crippen LogP) is 0.842. The molecule has 0 spiro atoms. The average Bonchev–Trinajstić information content (AvgIpc) is 2.70. The van der Waals surface area contributed by atoms with Gasteiger partial charge in [0, 0.05) is 12.2 Å². The fourth-order valence-electron chi connectivity index (χ4n) is 1.68. The molecule has 1 aromatic rings. The molecule has 2 N–H and O–H groups in total. The van der Waals surface area contributed by atoms with Gasteiger partial charge >= 0.3 is 6.09 Å². The zero-order chi connectivity index (χ0) is 11.5. The highest BCUT2D eigenvalue weighted by Gasteiger charge is 2.33. The molecule has 82 valence electrons. The van der Waals surface area contributed by atoms with Crippen molar-refractivity contribution in [1.82, 2.24) is 0 Å². The van der Waals surface area contributed by atoms with E-state index in [2.05, 4.69) is 0 Å². The Hall–Kier alpha value is -2.06. The molecule has 5 nitrogen and oxygen atoms in total. The largest absolute Gasteiger partial charge is 0.447 e. The highest BCUT2D eigenvalue weighted by molar-refractivity contribution is 5.90. The molecule has 0 bridgehead atoms. The first kappa shape index (κ1) is 10.5. The van der Waals surface area contributed by atoms with Crippen molar-refractivity contribution in [3.8, 4) is 6.07 Å². The molecule has 0 saturated carbocycles. The number of ether oxygens (including phenoxy) is 1. The quantitative estimate of drug-likeness (QED) is 0.796. The molecule has 0 aliphatic carbocycles. The third-order valence-corrected chi connectivity index (χ3v) is 2.49. The molecule has 1 aromatic carbocycles. The number of hydrogen-bond donors (Lipinski definition) is 1. The summed E-state index contributed by atoms with van der Waals surface area (Å²) in [6.45, 7) is 0.634. The predicted molar refractivity (Wildman–Crippen MR) is 57.8 cm³/mol. The van der Waals surface area contributed by atoms with E-state index < -0.39 is 6.09 Å². The van der Waals surface area contributed by atoms with Crippen molar-refractivity contribution in [3.05, 3.63) is 29.8 Å². The van der Waals surface area contributed by atoms with Crippen LogP contribution >= 0.6 is 0 Å². The normalized spacial score (nSPS) is 19.4. The van der Waals surface area contributed by atoms with Gasteiger partial charge in [-0.25, -0.2) is 4.79 Å². The number of rotatable bonds is 2. The van der Waals surface area contributed by atoms with Gasteiger partial charge in [-0.15, -0.1) is 0 Å². The lowest BCUT2D eigenvalue weighted by molar-refractivity contribution is 0.179. The van der Waals surface area contributed by atoms with E-state index in [9.17, 15) is 4.79 Å². The van der Waals surface area contributed by atoms with Crippen molar-refractivity contribution in [2.45, 2.75) is 6.04 Å². The summed E-state index contributed by atoms with van der Waals surface area (Å²) in [6.07, 6.45) is -0.412. The fraction of sp³-hybridized carbons (Fsp3) is 0.273. The summed E-state index contributed by atoms with van der Waals surface area (Å²) in [5.41, 5.74) is 6.71. The van der Waals surface area contributed by atoms with Crippen LogP contribution in [-0.2, 0) is 4.74 Å². The number of carbonyl (C=O) groups is 1. The summed E-state index contributed by atoms with van der Waals surface area (Å²) in [6, 6.07) is 8.70. The molecule has 1 saturated heterocycles. The Morgan fingerprint density at radius 3 is 3.12 bits per heavy atom. The molecule has 1 aliphatic rings. The summed E-state index contributed by atoms with van der Waals surface area (Å²) in [4.78, 5) is 13.0. The van der Waals surface area contributed by atoms with Crippen molar-refractivity contribution in [2.24, 2.45) is 5.73 Å². The maximum absolute atomic E-state index is 11.5. The third-order valence-electron chi connectivity index (χ3n) is 2.49. The molecule has 2 rings (SSSR count). The third kappa shape index (κ3) is 1.71. The lowest BCUT2D eigenvalue weighted by atomic mass is 10.2. The number of carbonyl (C=O) groups excluding carboxylic acids is 1. The smallest absolute Gasteiger partial charge is 0.414 e. The summed E-state index contributed by atoms with van der Waals surface area (Å²) >= 11 is 0. The van der Waals surface area contributed by atoms with Crippen LogP contribution in [0.5, 0.6) is 0 Å². The highest BCUT2D eigenvalue weighted by atomic mass is 16.6. The number of benzene rings is 1. The van der Waals surface area contributed by atoms with Crippen molar-refractivity contribution in [2.75, 3.05) is 18.1 Å². The van der Waals surface area contributed by atoms with E-state index in [1.165, 1.54) is 4.90 Å². The summed E-state index contributed by atoms with van der Waals surface area (Å²) in [7, 11) is 0. The fourth-order valence-corrected chi connectivity index (χ4v) is 1.68. The van der Waals surface area contributed by atoms with Crippen LogP contribution in [0.4, 0.5) is 10.5 Å². The lowest BCUT2D eigenvalue weighted by Gasteiger charge is -2.19. The molecule has 1 heterocycles. The number of cyclic esters (lactones) is 1. The first-order chi connectivity index (χ1) is 7.76. The van der Waals surface area contributed by atoms with Gasteiger partial charge in [0.05, 0.1) is 17.7 Å². The van der Waals surface area contributed by atoms with Crippen molar-refractivity contribution in [3.63, 3.8) is 0 Å². The molecule has 16 heavy (non-hydrogen) atoms. The number of hydrogen-bond acceptors (Lipinski definition) is 4. The monoisotopic (exact) mass is 217 g/mol. The molecule has 1 amide bonds. The van der Waals surface area contributed by atoms with E-state index in [0.717, 1.165) is 0 Å². The zero-order valence-electron chi connectivity index (χ0n) is 8.59. The number of anilines is 1. The van der Waals surface area contributed by atoms with Gasteiger partial charge in [-0.05, 0) is 18.2 Å². The SMILES string of the molecule is N#Cc1cccc(N2C(=O)OCC2CN)c1. The minimum Gasteiger partial charge on any atom is -0.447 e. The Morgan fingerprint density at radius 2 is 2.44 bits per heavy atom. The molecule has 5 heteroatoms. The van der Waals surface area contributed by atoms with Gasteiger partial charge < -0.3 is 10.5 Å². The van der Waals surface area contributed by atoms with E-state index in [0.29, 0.717) is 24.4 Å². The average molecular weight is 217 g/mol. The Bertz CT molecular complexity index is 453. The van der Waals surface area contributed by atoms with E-state index in [1.54, 1.807) is 24.3 Å². The molecule has 1 unspecified atom stereocenters. The van der Waals surface area contributed by atoms with Crippen LogP contribution in [0.1, 0.15) is 5.56 Å². The topological polar surface area (TPSA) is 79.3 Å². The summed E-state index contributed by atoms with van der Waals surface area (Å²) in [5, 5.41) is 8.78. The van der Waals surface area contributed by atoms with Gasteiger partial charge in [0.2, 0.25) is 0 Å². The van der Waals surface area contributed by atoms with Gasteiger partial charge in [0.15, 0.2) is 0 Å². The molecule has 1 atom stereocenters. The molecule has 0 aromatic heterocycles. The lowest BCUT2D eigenvalue weighted by Crippen LogP contribution is -2.38. The van der Waals surface area contributed by atoms with Crippen LogP contribution in [0.2, 0.25) is 0 Å². The van der Waals surface area contributed by atoms with Crippen molar-refractivity contribution < 1.29 is 9.53 Å². The van der Waals surface area contributed by atoms with Crippen LogP contribution in [0.3, 0.4) is 0 Å². The van der Waals surface area contributed by atoms with E-state index >= 15 is 0 Å². The second-order valence-electron chi connectivity index (χ2n) is 3.50. The van der Waals surface area contributed by atoms with Crippen LogP contribution in [0.15, 0.2) is 24.3 Å². The first-order valence-corrected chi connectivity index (χ1v) is 4.92. The van der Waals surface area contributed by atoms with E-state index in [1.807, 2.05) is 6.07 Å². The van der Waals surface area contributed by atoms with Gasteiger partial charge in [-0.2, -0.15) is 5.26 Å². The molecule has 1 aliphatic heterocycles. The number of amides is 1. The summed E-state index contributed by atoms with van der Waals surface area (Å²) < 4.78 is 4.92. The molecule has 0 radical (unpaired) electrons. The van der Waals surface area contributed by atoms with E-state index in [4.69, 9.17) is 15.7 Å². The molecule has 1 fully saturated rings. The Labute approximate surface area is 93.0 Å². The van der Waals surface area contributed by atoms with E-state index in [-0.39, 0.29) is 6.04 Å². The molecular weight excluding hydrogens is 206 g/mol. The number of nitrogens with zero attached hydrogens (tertiary/aromatic N) is 2. The number of nitriles is 1. The Balaban J connectivity index is 2.35. The second kappa shape index (κ2) is 4.21. The standard InChI is InChI=1S/C11H11N3O2/c12-5-8-2-1-3-9(4-8)14-10(6-13)7-16-11(14)15/h1-4,10H,6-7,13H2. The number of nitrogens with two attached hydrogens (primary N) is 1. The van der Waals surface area contributed by atoms with Crippen molar-refractivity contribution in [1.29, 1.82) is 5.26 Å². The van der Waals surface area contributed by atoms with Crippen molar-refractivity contribution >= 4 is 11.8 Å². The Kier molecular flexibility index (Phi) is 2.75. The van der Waals surface area contributed by atoms with Gasteiger partial charge in [-0.1, -0.05) is 6.07 Å². The zero-order valence-corrected chi connectivity index (χ0v) is 8.59. The highest BCUT2D eigenvalue weighted by Crippen LogP contribution is 2.23. The summed E-state index contributed by atoms with van der Waals surface area (Å²) in [5.74, 6) is 0. The maximum Gasteiger partial charge on any atom is 0.414 e. The van der Waals surface area contributed by atoms with Gasteiger partial charge in [-0.3, -0.25) is 4.90 Å². The Morgan fingerprint density at radius 1 is 1.62 bits per heavy atom. The van der Waals surface area contributed by atoms with Crippen LogP contribution < -0.4 is 10.6 Å². The molecular formula is C11H11N3O2. The van der Waals surface area contributed by atoms with Crippen LogP contribution in [0, 0.1) is 11.3 Å². The minimum absolute atomic E-state index is 0.151. The maximum atomic E-state index is 11.5. The second-order valence-corrected chi connectivity index (χ2v) is 3.50. The van der Waals surface area contributed by atoms with Gasteiger partial charge in [0.1, 0.15) is 6.61 Å². The first-order valence-electron chi connectivity index (χ1n) is 4.92. The minimum atomic E-state index is -0.412. The van der Waals surface area contributed by atoms with Crippen LogP contribution in [0.25, 0.3) is 0 Å². The van der Waals surface area contributed by atoms with Crippen LogP contribution in [-0.4, -0.2) is 25.3 Å².